The van der Waals surface area contributed by atoms with E-state index in [2.05, 4.69) is 25.5 Å². The van der Waals surface area contributed by atoms with Crippen LogP contribution in [0.25, 0.3) is 16.6 Å². The van der Waals surface area contributed by atoms with Gasteiger partial charge in [0.25, 0.3) is 0 Å². The van der Waals surface area contributed by atoms with Gasteiger partial charge in [0.1, 0.15) is 11.4 Å². The van der Waals surface area contributed by atoms with E-state index in [0.717, 1.165) is 16.7 Å². The first-order valence-corrected chi connectivity index (χ1v) is 11.9. The fourth-order valence-corrected chi connectivity index (χ4v) is 3.96. The fourth-order valence-electron chi connectivity index (χ4n) is 3.45. The number of primary sulfonamides is 1. The molecule has 11 nitrogen and oxygen atoms in total. The third kappa shape index (κ3) is 5.03. The third-order valence-corrected chi connectivity index (χ3v) is 6.19. The molecule has 0 saturated carbocycles. The van der Waals surface area contributed by atoms with Crippen molar-refractivity contribution in [3.63, 3.8) is 0 Å². The van der Waals surface area contributed by atoms with Crippen molar-refractivity contribution in [2.45, 2.75) is 18.7 Å². The van der Waals surface area contributed by atoms with Crippen LogP contribution in [0.1, 0.15) is 23.9 Å². The zero-order chi connectivity index (χ0) is 25.2. The average molecular weight is 494 g/mol. The van der Waals surface area contributed by atoms with E-state index >= 15 is 0 Å². The summed E-state index contributed by atoms with van der Waals surface area (Å²) in [5.74, 6) is 1.14. The molecule has 0 fully saturated rings. The highest BCUT2D eigenvalue weighted by molar-refractivity contribution is 7.89. The lowest BCUT2D eigenvalue weighted by atomic mass is 10.1. The van der Waals surface area contributed by atoms with Gasteiger partial charge in [-0.25, -0.2) is 23.2 Å². The van der Waals surface area contributed by atoms with Crippen LogP contribution < -0.4 is 14.6 Å². The molecule has 2 aromatic carbocycles. The Morgan fingerprint density at radius 1 is 1.09 bits per heavy atom. The molecular weight excluding hydrogens is 470 g/mol. The number of aromatic nitrogens is 4. The molecule has 0 aliphatic rings. The summed E-state index contributed by atoms with van der Waals surface area (Å²) in [7, 11) is -0.625. The highest BCUT2D eigenvalue weighted by Crippen LogP contribution is 2.24. The molecule has 0 spiro atoms. The molecule has 0 saturated heterocycles. The summed E-state index contributed by atoms with van der Waals surface area (Å²) in [5, 5.41) is 22.8. The van der Waals surface area contributed by atoms with Gasteiger partial charge in [-0.15, -0.1) is 5.10 Å². The van der Waals surface area contributed by atoms with Gasteiger partial charge in [-0.2, -0.15) is 10.2 Å². The van der Waals surface area contributed by atoms with Gasteiger partial charge in [0.15, 0.2) is 0 Å². The standard InChI is InChI=1S/C23H23N7O4S/c1-14(22-15(2)30(29-28-22)18-5-8-20(9-6-18)35(24,31)32)27-25-13-17-11-16-12-19(33-3)7-10-21(16)26-23(17)34-4/h5-13H,1-4H3,(H2,24,31,32)/b25-13+,27-14+. The quantitative estimate of drug-likeness (QED) is 0.307. The van der Waals surface area contributed by atoms with Crippen molar-refractivity contribution in [2.24, 2.45) is 15.3 Å². The Morgan fingerprint density at radius 3 is 2.49 bits per heavy atom. The Labute approximate surface area is 202 Å². The molecule has 35 heavy (non-hydrogen) atoms. The zero-order valence-corrected chi connectivity index (χ0v) is 20.3. The van der Waals surface area contributed by atoms with Crippen LogP contribution in [0.2, 0.25) is 0 Å². The third-order valence-electron chi connectivity index (χ3n) is 5.26. The average Bonchev–Trinajstić information content (AvgIpc) is 3.23. The fraction of sp³-hybridized carbons (Fsp3) is 0.174. The number of benzene rings is 2. The van der Waals surface area contributed by atoms with Crippen molar-refractivity contribution < 1.29 is 17.9 Å². The van der Waals surface area contributed by atoms with E-state index in [4.69, 9.17) is 14.6 Å². The van der Waals surface area contributed by atoms with Crippen molar-refractivity contribution in [2.75, 3.05) is 14.2 Å². The number of nitrogens with zero attached hydrogens (tertiary/aromatic N) is 6. The summed E-state index contributed by atoms with van der Waals surface area (Å²) in [6.45, 7) is 3.60. The van der Waals surface area contributed by atoms with Gasteiger partial charge in [-0.3, -0.25) is 0 Å². The number of fused-ring (bicyclic) bond motifs is 1. The van der Waals surface area contributed by atoms with E-state index in [1.165, 1.54) is 12.1 Å². The molecule has 2 heterocycles. The van der Waals surface area contributed by atoms with E-state index in [1.807, 2.05) is 31.2 Å². The van der Waals surface area contributed by atoms with Crippen molar-refractivity contribution in [3.05, 3.63) is 65.5 Å². The SMILES string of the molecule is COc1ccc2nc(OC)c(/C=N/N=C(\C)c3nnn(-c4ccc(S(N)(=O)=O)cc4)c3C)cc2c1. The van der Waals surface area contributed by atoms with Gasteiger partial charge in [-0.1, -0.05) is 5.21 Å². The van der Waals surface area contributed by atoms with Crippen LogP contribution >= 0.6 is 0 Å². The zero-order valence-electron chi connectivity index (χ0n) is 19.5. The Bertz CT molecular complexity index is 1560. The molecule has 0 radical (unpaired) electrons. The Morgan fingerprint density at radius 2 is 1.83 bits per heavy atom. The molecule has 0 aliphatic carbocycles. The first kappa shape index (κ1) is 24.0. The summed E-state index contributed by atoms with van der Waals surface area (Å²) in [6, 6.07) is 13.5. The maximum absolute atomic E-state index is 11.5. The predicted molar refractivity (Wildman–Crippen MR) is 132 cm³/mol. The lowest BCUT2D eigenvalue weighted by molar-refractivity contribution is 0.398. The van der Waals surface area contributed by atoms with Crippen LogP contribution in [0.4, 0.5) is 0 Å². The minimum absolute atomic E-state index is 0.0170. The summed E-state index contributed by atoms with van der Waals surface area (Å²) in [4.78, 5) is 4.53. The van der Waals surface area contributed by atoms with E-state index in [9.17, 15) is 8.42 Å². The number of sulfonamides is 1. The maximum atomic E-state index is 11.5. The number of pyridine rings is 1. The molecular formula is C23H23N7O4S. The molecule has 12 heteroatoms. The second-order valence-electron chi connectivity index (χ2n) is 7.55. The van der Waals surface area contributed by atoms with Crippen LogP contribution in [-0.2, 0) is 10.0 Å². The van der Waals surface area contributed by atoms with Gasteiger partial charge in [-0.05, 0) is 62.4 Å². The van der Waals surface area contributed by atoms with Crippen molar-refractivity contribution in [1.82, 2.24) is 20.0 Å². The molecule has 4 aromatic rings. The van der Waals surface area contributed by atoms with Gasteiger partial charge in [0.2, 0.25) is 15.9 Å². The molecule has 0 amide bonds. The van der Waals surface area contributed by atoms with E-state index in [1.54, 1.807) is 44.2 Å². The van der Waals surface area contributed by atoms with Crippen LogP contribution in [0.3, 0.4) is 0 Å². The van der Waals surface area contributed by atoms with Gasteiger partial charge in [0.05, 0.1) is 53.5 Å². The lowest BCUT2D eigenvalue weighted by Gasteiger charge is -2.07. The summed E-state index contributed by atoms with van der Waals surface area (Å²) in [5.41, 5.74) is 3.85. The topological polar surface area (TPSA) is 147 Å². The second-order valence-corrected chi connectivity index (χ2v) is 9.11. The molecule has 2 N–H and O–H groups in total. The number of rotatable bonds is 7. The van der Waals surface area contributed by atoms with Crippen LogP contribution in [0.5, 0.6) is 11.6 Å². The number of nitrogens with two attached hydrogens (primary N) is 1. The lowest BCUT2D eigenvalue weighted by Crippen LogP contribution is -2.12. The first-order chi connectivity index (χ1) is 16.7. The van der Waals surface area contributed by atoms with Gasteiger partial charge >= 0.3 is 0 Å². The normalized spacial score (nSPS) is 12.4. The molecule has 180 valence electrons. The molecule has 0 bridgehead atoms. The van der Waals surface area contributed by atoms with Crippen molar-refractivity contribution in [3.8, 4) is 17.3 Å². The smallest absolute Gasteiger partial charge is 0.238 e. The van der Waals surface area contributed by atoms with Gasteiger partial charge < -0.3 is 9.47 Å². The predicted octanol–water partition coefficient (Wildman–Crippen LogP) is 2.63. The van der Waals surface area contributed by atoms with Crippen molar-refractivity contribution >= 4 is 32.9 Å². The highest BCUT2D eigenvalue weighted by atomic mass is 32.2. The minimum Gasteiger partial charge on any atom is -0.497 e. The monoisotopic (exact) mass is 493 g/mol. The van der Waals surface area contributed by atoms with E-state index < -0.39 is 10.0 Å². The first-order valence-electron chi connectivity index (χ1n) is 10.4. The van der Waals surface area contributed by atoms with E-state index in [0.29, 0.717) is 34.2 Å². The molecule has 0 aliphatic heterocycles. The number of hydrogen-bond donors (Lipinski definition) is 1. The minimum atomic E-state index is -3.77. The van der Waals surface area contributed by atoms with Crippen LogP contribution in [0, 0.1) is 6.92 Å². The Kier molecular flexibility index (Phi) is 6.58. The molecule has 0 unspecified atom stereocenters. The summed E-state index contributed by atoms with van der Waals surface area (Å²) >= 11 is 0. The maximum Gasteiger partial charge on any atom is 0.238 e. The summed E-state index contributed by atoms with van der Waals surface area (Å²) in [6.07, 6.45) is 1.56. The van der Waals surface area contributed by atoms with Crippen LogP contribution in [0.15, 0.2) is 63.6 Å². The van der Waals surface area contributed by atoms with Gasteiger partial charge in [0, 0.05) is 5.39 Å². The van der Waals surface area contributed by atoms with E-state index in [-0.39, 0.29) is 4.90 Å². The number of methoxy groups -OCH3 is 2. The Hall–Kier alpha value is -4.16. The number of ether oxygens (including phenoxy) is 2. The molecule has 2 aromatic heterocycles. The van der Waals surface area contributed by atoms with Crippen molar-refractivity contribution in [1.29, 1.82) is 0 Å². The number of hydrogen-bond acceptors (Lipinski definition) is 9. The largest absolute Gasteiger partial charge is 0.497 e. The highest BCUT2D eigenvalue weighted by Gasteiger charge is 2.14. The molecule has 4 rings (SSSR count). The molecule has 0 atom stereocenters. The van der Waals surface area contributed by atoms with Crippen LogP contribution in [-0.4, -0.2) is 54.5 Å². The Balaban J connectivity index is 1.60. The summed E-state index contributed by atoms with van der Waals surface area (Å²) < 4.78 is 35.2. The second kappa shape index (κ2) is 9.60.